The smallest absolute Gasteiger partial charge is 0.308 e. The molecule has 4 unspecified atom stereocenters. The number of aryl methyl sites for hydroxylation is 1. The second-order valence-electron chi connectivity index (χ2n) is 6.63. The molecule has 4 heteroatoms. The molecular weight excluding hydrogens is 316 g/mol. The van der Waals surface area contributed by atoms with Gasteiger partial charge in [0.05, 0.1) is 11.8 Å². The standard InChI is InChI=1S/C21H24O4/c1-13-9-11-16(12-10-13)14(2)18(17-7-5-4-6-8-17)19(21(24)25)15(3)20(22)23/h4-12,14-15,18-19H,1-3H3,(H,22,23)(H,24,25). The van der Waals surface area contributed by atoms with E-state index in [4.69, 9.17) is 0 Å². The lowest BCUT2D eigenvalue weighted by molar-refractivity contribution is -0.154. The Labute approximate surface area is 148 Å². The van der Waals surface area contributed by atoms with Crippen LogP contribution in [0.2, 0.25) is 0 Å². The van der Waals surface area contributed by atoms with E-state index in [9.17, 15) is 19.8 Å². The van der Waals surface area contributed by atoms with Gasteiger partial charge < -0.3 is 10.2 Å². The van der Waals surface area contributed by atoms with Crippen molar-refractivity contribution in [1.29, 1.82) is 0 Å². The summed E-state index contributed by atoms with van der Waals surface area (Å²) in [6.07, 6.45) is 0. The minimum absolute atomic E-state index is 0.133. The molecule has 0 bridgehead atoms. The molecule has 2 aromatic rings. The first-order chi connectivity index (χ1) is 11.8. The lowest BCUT2D eigenvalue weighted by atomic mass is 9.70. The summed E-state index contributed by atoms with van der Waals surface area (Å²) in [4.78, 5) is 23.5. The molecule has 2 rings (SSSR count). The molecule has 0 saturated carbocycles. The van der Waals surface area contributed by atoms with Crippen molar-refractivity contribution in [3.05, 3.63) is 71.3 Å². The van der Waals surface area contributed by atoms with Gasteiger partial charge in [-0.3, -0.25) is 9.59 Å². The number of carboxylic acids is 2. The molecular formula is C21H24O4. The van der Waals surface area contributed by atoms with Gasteiger partial charge in [-0.25, -0.2) is 0 Å². The van der Waals surface area contributed by atoms with Crippen molar-refractivity contribution in [3.63, 3.8) is 0 Å². The predicted molar refractivity (Wildman–Crippen MR) is 96.7 cm³/mol. The number of hydrogen-bond donors (Lipinski definition) is 2. The van der Waals surface area contributed by atoms with Crippen LogP contribution in [-0.4, -0.2) is 22.2 Å². The quantitative estimate of drug-likeness (QED) is 0.788. The number of carboxylic acid groups (broad SMARTS) is 2. The fourth-order valence-corrected chi connectivity index (χ4v) is 3.39. The fourth-order valence-electron chi connectivity index (χ4n) is 3.39. The van der Waals surface area contributed by atoms with Gasteiger partial charge in [0.15, 0.2) is 0 Å². The summed E-state index contributed by atoms with van der Waals surface area (Å²) in [5.41, 5.74) is 2.97. The lowest BCUT2D eigenvalue weighted by Gasteiger charge is -2.32. The third-order valence-corrected chi connectivity index (χ3v) is 4.93. The van der Waals surface area contributed by atoms with Gasteiger partial charge in [0, 0.05) is 5.92 Å². The van der Waals surface area contributed by atoms with Crippen LogP contribution < -0.4 is 0 Å². The average molecular weight is 340 g/mol. The first-order valence-electron chi connectivity index (χ1n) is 8.40. The maximum Gasteiger partial charge on any atom is 0.308 e. The van der Waals surface area contributed by atoms with Crippen molar-refractivity contribution in [2.24, 2.45) is 11.8 Å². The molecule has 0 fully saturated rings. The highest BCUT2D eigenvalue weighted by atomic mass is 16.4. The number of aliphatic carboxylic acids is 2. The van der Waals surface area contributed by atoms with E-state index in [1.807, 2.05) is 68.4 Å². The van der Waals surface area contributed by atoms with Gasteiger partial charge in [0.25, 0.3) is 0 Å². The summed E-state index contributed by atoms with van der Waals surface area (Å²) in [6.45, 7) is 5.43. The van der Waals surface area contributed by atoms with E-state index < -0.39 is 29.7 Å². The summed E-state index contributed by atoms with van der Waals surface area (Å²) < 4.78 is 0. The molecule has 0 aliphatic heterocycles. The summed E-state index contributed by atoms with van der Waals surface area (Å²) in [6, 6.07) is 17.3. The Morgan fingerprint density at radius 2 is 1.36 bits per heavy atom. The van der Waals surface area contributed by atoms with Gasteiger partial charge in [0.1, 0.15) is 0 Å². The van der Waals surface area contributed by atoms with Gasteiger partial charge in [-0.1, -0.05) is 74.0 Å². The van der Waals surface area contributed by atoms with E-state index in [0.29, 0.717) is 0 Å². The van der Waals surface area contributed by atoms with Gasteiger partial charge in [-0.2, -0.15) is 0 Å². The van der Waals surface area contributed by atoms with E-state index in [1.54, 1.807) is 0 Å². The number of benzene rings is 2. The zero-order valence-corrected chi connectivity index (χ0v) is 14.7. The summed E-state index contributed by atoms with van der Waals surface area (Å²) in [5, 5.41) is 19.2. The minimum atomic E-state index is -1.09. The van der Waals surface area contributed by atoms with Crippen LogP contribution >= 0.6 is 0 Å². The zero-order chi connectivity index (χ0) is 18.6. The molecule has 4 nitrogen and oxygen atoms in total. The first kappa shape index (κ1) is 18.7. The summed E-state index contributed by atoms with van der Waals surface area (Å²) in [5.74, 6) is -4.75. The fraction of sp³-hybridized carbons (Fsp3) is 0.333. The zero-order valence-electron chi connectivity index (χ0n) is 14.7. The molecule has 0 amide bonds. The Bertz CT molecular complexity index is 721. The van der Waals surface area contributed by atoms with E-state index >= 15 is 0 Å². The second-order valence-corrected chi connectivity index (χ2v) is 6.63. The van der Waals surface area contributed by atoms with Crippen LogP contribution in [-0.2, 0) is 9.59 Å². The molecule has 0 saturated heterocycles. The van der Waals surface area contributed by atoms with Crippen molar-refractivity contribution >= 4 is 11.9 Å². The third-order valence-electron chi connectivity index (χ3n) is 4.93. The molecule has 0 heterocycles. The maximum atomic E-state index is 12.0. The lowest BCUT2D eigenvalue weighted by Crippen LogP contribution is -2.35. The van der Waals surface area contributed by atoms with Crippen LogP contribution in [0, 0.1) is 18.8 Å². The Kier molecular flexibility index (Phi) is 5.97. The van der Waals surface area contributed by atoms with Gasteiger partial charge in [-0.15, -0.1) is 0 Å². The molecule has 0 aliphatic carbocycles. The Morgan fingerprint density at radius 3 is 1.84 bits per heavy atom. The molecule has 2 N–H and O–H groups in total. The van der Waals surface area contributed by atoms with E-state index in [0.717, 1.165) is 16.7 Å². The van der Waals surface area contributed by atoms with E-state index in [2.05, 4.69) is 0 Å². The van der Waals surface area contributed by atoms with Crippen LogP contribution in [0.25, 0.3) is 0 Å². The molecule has 0 aliphatic rings. The molecule has 25 heavy (non-hydrogen) atoms. The predicted octanol–water partition coefficient (Wildman–Crippen LogP) is 4.30. The van der Waals surface area contributed by atoms with Crippen molar-refractivity contribution in [2.45, 2.75) is 32.6 Å². The van der Waals surface area contributed by atoms with Gasteiger partial charge in [-0.05, 0) is 24.0 Å². The molecule has 132 valence electrons. The molecule has 0 radical (unpaired) electrons. The van der Waals surface area contributed by atoms with Crippen molar-refractivity contribution in [2.75, 3.05) is 0 Å². The van der Waals surface area contributed by atoms with Crippen LogP contribution in [0.4, 0.5) is 0 Å². The summed E-state index contributed by atoms with van der Waals surface area (Å²) >= 11 is 0. The third kappa shape index (κ3) is 4.27. The molecule has 0 spiro atoms. The largest absolute Gasteiger partial charge is 0.481 e. The molecule has 0 aromatic heterocycles. The molecule has 2 aromatic carbocycles. The number of hydrogen-bond acceptors (Lipinski definition) is 2. The van der Waals surface area contributed by atoms with Crippen LogP contribution in [0.5, 0.6) is 0 Å². The van der Waals surface area contributed by atoms with Crippen LogP contribution in [0.3, 0.4) is 0 Å². The monoisotopic (exact) mass is 340 g/mol. The highest BCUT2D eigenvalue weighted by molar-refractivity contribution is 5.80. The van der Waals surface area contributed by atoms with Crippen LogP contribution in [0.15, 0.2) is 54.6 Å². The van der Waals surface area contributed by atoms with Crippen molar-refractivity contribution in [1.82, 2.24) is 0 Å². The molecule has 4 atom stereocenters. The second kappa shape index (κ2) is 7.97. The topological polar surface area (TPSA) is 74.6 Å². The van der Waals surface area contributed by atoms with Gasteiger partial charge >= 0.3 is 11.9 Å². The maximum absolute atomic E-state index is 12.0. The van der Waals surface area contributed by atoms with Crippen molar-refractivity contribution in [3.8, 4) is 0 Å². The first-order valence-corrected chi connectivity index (χ1v) is 8.40. The summed E-state index contributed by atoms with van der Waals surface area (Å²) in [7, 11) is 0. The Morgan fingerprint density at radius 1 is 0.800 bits per heavy atom. The Balaban J connectivity index is 2.54. The van der Waals surface area contributed by atoms with E-state index in [1.165, 1.54) is 6.92 Å². The van der Waals surface area contributed by atoms with Crippen LogP contribution in [0.1, 0.15) is 42.4 Å². The highest BCUT2D eigenvalue weighted by Gasteiger charge is 2.40. The Hall–Kier alpha value is -2.62. The minimum Gasteiger partial charge on any atom is -0.481 e. The normalized spacial score (nSPS) is 15.8. The highest BCUT2D eigenvalue weighted by Crippen LogP contribution is 2.42. The number of carbonyl (C=O) groups is 2. The number of rotatable bonds is 7. The SMILES string of the molecule is Cc1ccc(C(C)C(c2ccccc2)C(C(=O)O)C(C)C(=O)O)cc1. The average Bonchev–Trinajstić information content (AvgIpc) is 2.59. The van der Waals surface area contributed by atoms with Gasteiger partial charge in [0.2, 0.25) is 0 Å². The van der Waals surface area contributed by atoms with Crippen molar-refractivity contribution < 1.29 is 19.8 Å². The van der Waals surface area contributed by atoms with E-state index in [-0.39, 0.29) is 5.92 Å².